The lowest BCUT2D eigenvalue weighted by Crippen LogP contribution is -2.09. The fourth-order valence-electron chi connectivity index (χ4n) is 3.72. The van der Waals surface area contributed by atoms with Crippen molar-refractivity contribution in [2.75, 3.05) is 0 Å². The Morgan fingerprint density at radius 3 is 2.55 bits per heavy atom. The summed E-state index contributed by atoms with van der Waals surface area (Å²) >= 11 is 0. The largest absolute Gasteiger partial charge is 0.454 e. The molecule has 0 fully saturated rings. The first-order chi connectivity index (χ1) is 15.8. The van der Waals surface area contributed by atoms with Crippen LogP contribution in [-0.4, -0.2) is 25.3 Å². The molecule has 0 aliphatic carbocycles. The topological polar surface area (TPSA) is 61.9 Å². The molecule has 8 heteroatoms. The van der Waals surface area contributed by atoms with Crippen LogP contribution in [0.25, 0.3) is 17.1 Å². The standard InChI is InChI=1S/C25H24F2N4O2/c1-16-8-10-19(11-9-16)14-30-18(3)20(17(2)29-30)12-13-24(32)33-15-23-28-21-6-4-5-7-22(21)31(23)25(26)27/h4-13,25H,14-15H2,1-3H3/b13-12+. The van der Waals surface area contributed by atoms with Crippen molar-refractivity contribution < 1.29 is 18.3 Å². The minimum atomic E-state index is -2.79. The molecule has 0 N–H and O–H groups in total. The number of benzene rings is 2. The Labute approximate surface area is 190 Å². The van der Waals surface area contributed by atoms with Gasteiger partial charge in [-0.25, -0.2) is 9.78 Å². The van der Waals surface area contributed by atoms with Gasteiger partial charge in [0.15, 0.2) is 5.82 Å². The summed E-state index contributed by atoms with van der Waals surface area (Å²) in [6.07, 6.45) is 2.92. The molecule has 0 saturated heterocycles. The van der Waals surface area contributed by atoms with Gasteiger partial charge in [-0.2, -0.15) is 13.9 Å². The Hall–Kier alpha value is -3.81. The summed E-state index contributed by atoms with van der Waals surface area (Å²) in [5.41, 5.74) is 5.55. The van der Waals surface area contributed by atoms with Crippen LogP contribution in [0.4, 0.5) is 8.78 Å². The zero-order valence-electron chi connectivity index (χ0n) is 18.6. The smallest absolute Gasteiger partial charge is 0.331 e. The Balaban J connectivity index is 1.45. The number of hydrogen-bond donors (Lipinski definition) is 0. The Morgan fingerprint density at radius 2 is 1.82 bits per heavy atom. The molecule has 0 saturated carbocycles. The van der Waals surface area contributed by atoms with E-state index in [-0.39, 0.29) is 12.4 Å². The van der Waals surface area contributed by atoms with E-state index in [1.165, 1.54) is 11.6 Å². The third-order valence-electron chi connectivity index (χ3n) is 5.48. The Bertz CT molecular complexity index is 1320. The van der Waals surface area contributed by atoms with Gasteiger partial charge in [-0.15, -0.1) is 0 Å². The van der Waals surface area contributed by atoms with E-state index in [0.29, 0.717) is 17.6 Å². The van der Waals surface area contributed by atoms with E-state index >= 15 is 0 Å². The van der Waals surface area contributed by atoms with Gasteiger partial charge in [-0.3, -0.25) is 9.25 Å². The second-order valence-electron chi connectivity index (χ2n) is 7.83. The predicted molar refractivity (Wildman–Crippen MR) is 122 cm³/mol. The number of halogens is 2. The number of nitrogens with zero attached hydrogens (tertiary/aromatic N) is 4. The fraction of sp³-hybridized carbons (Fsp3) is 0.240. The molecule has 2 heterocycles. The van der Waals surface area contributed by atoms with Crippen LogP contribution in [0.15, 0.2) is 54.6 Å². The molecule has 0 bridgehead atoms. The Kier molecular flexibility index (Phi) is 6.35. The van der Waals surface area contributed by atoms with Crippen molar-refractivity contribution in [1.82, 2.24) is 19.3 Å². The molecule has 0 aliphatic rings. The van der Waals surface area contributed by atoms with Crippen LogP contribution >= 0.6 is 0 Å². The van der Waals surface area contributed by atoms with E-state index in [1.54, 1.807) is 30.3 Å². The second-order valence-corrected chi connectivity index (χ2v) is 7.83. The van der Waals surface area contributed by atoms with Crippen molar-refractivity contribution in [3.63, 3.8) is 0 Å². The maximum Gasteiger partial charge on any atom is 0.331 e. The monoisotopic (exact) mass is 450 g/mol. The fourth-order valence-corrected chi connectivity index (χ4v) is 3.72. The number of aryl methyl sites for hydroxylation is 2. The van der Waals surface area contributed by atoms with Crippen LogP contribution in [0.5, 0.6) is 0 Å². The van der Waals surface area contributed by atoms with Gasteiger partial charge in [0.2, 0.25) is 0 Å². The second kappa shape index (κ2) is 9.36. The number of para-hydroxylation sites is 2. The molecule has 0 spiro atoms. The van der Waals surface area contributed by atoms with Gasteiger partial charge in [0.25, 0.3) is 0 Å². The van der Waals surface area contributed by atoms with Gasteiger partial charge < -0.3 is 4.74 Å². The highest BCUT2D eigenvalue weighted by atomic mass is 19.3. The van der Waals surface area contributed by atoms with E-state index in [1.807, 2.05) is 25.5 Å². The van der Waals surface area contributed by atoms with Gasteiger partial charge in [0.1, 0.15) is 6.61 Å². The van der Waals surface area contributed by atoms with Gasteiger partial charge in [-0.1, -0.05) is 42.0 Å². The quantitative estimate of drug-likeness (QED) is 0.281. The van der Waals surface area contributed by atoms with Crippen molar-refractivity contribution >= 4 is 23.1 Å². The first kappa shape index (κ1) is 22.4. The molecule has 6 nitrogen and oxygen atoms in total. The summed E-state index contributed by atoms with van der Waals surface area (Å²) in [6.45, 7) is 3.32. The maximum atomic E-state index is 13.5. The van der Waals surface area contributed by atoms with Crippen LogP contribution in [0, 0.1) is 20.8 Å². The lowest BCUT2D eigenvalue weighted by molar-refractivity contribution is -0.139. The van der Waals surface area contributed by atoms with Crippen molar-refractivity contribution in [2.24, 2.45) is 0 Å². The minimum absolute atomic E-state index is 0.00812. The van der Waals surface area contributed by atoms with Gasteiger partial charge in [-0.05, 0) is 44.5 Å². The predicted octanol–water partition coefficient (Wildman–Crippen LogP) is 5.36. The molecule has 2 aromatic heterocycles. The molecule has 0 amide bonds. The van der Waals surface area contributed by atoms with Crippen LogP contribution in [0.3, 0.4) is 0 Å². The average Bonchev–Trinajstić information content (AvgIpc) is 3.29. The summed E-state index contributed by atoms with van der Waals surface area (Å²) in [5, 5.41) is 4.57. The third-order valence-corrected chi connectivity index (χ3v) is 5.48. The van der Waals surface area contributed by atoms with Crippen LogP contribution in [-0.2, 0) is 22.7 Å². The van der Waals surface area contributed by atoms with Crippen LogP contribution in [0.2, 0.25) is 0 Å². The first-order valence-electron chi connectivity index (χ1n) is 10.5. The number of ether oxygens (including phenoxy) is 1. The lowest BCUT2D eigenvalue weighted by atomic mass is 10.1. The van der Waals surface area contributed by atoms with Crippen LogP contribution < -0.4 is 0 Å². The molecular weight excluding hydrogens is 426 g/mol. The number of carbonyl (C=O) groups excluding carboxylic acids is 1. The third kappa shape index (κ3) is 4.84. The summed E-state index contributed by atoms with van der Waals surface area (Å²) in [7, 11) is 0. The normalized spacial score (nSPS) is 11.7. The molecule has 0 aliphatic heterocycles. The molecule has 0 radical (unpaired) electrons. The molecular formula is C25H24F2N4O2. The molecule has 2 aromatic carbocycles. The van der Waals surface area contributed by atoms with Gasteiger partial charge >= 0.3 is 12.5 Å². The summed E-state index contributed by atoms with van der Waals surface area (Å²) in [5.74, 6) is -0.654. The van der Waals surface area contributed by atoms with Gasteiger partial charge in [0.05, 0.1) is 23.3 Å². The number of esters is 1. The first-order valence-corrected chi connectivity index (χ1v) is 10.5. The number of imidazole rings is 1. The zero-order chi connectivity index (χ0) is 23.5. The highest BCUT2D eigenvalue weighted by molar-refractivity contribution is 5.87. The number of carbonyl (C=O) groups is 1. The number of rotatable bonds is 7. The van der Waals surface area contributed by atoms with Crippen molar-refractivity contribution in [2.45, 2.75) is 40.5 Å². The summed E-state index contributed by atoms with van der Waals surface area (Å²) in [6, 6.07) is 14.8. The molecule has 170 valence electrons. The van der Waals surface area contributed by atoms with E-state index in [4.69, 9.17) is 4.74 Å². The van der Waals surface area contributed by atoms with E-state index in [0.717, 1.165) is 27.1 Å². The summed E-state index contributed by atoms with van der Waals surface area (Å²) < 4.78 is 34.9. The zero-order valence-corrected chi connectivity index (χ0v) is 18.6. The molecule has 4 rings (SSSR count). The maximum absolute atomic E-state index is 13.5. The van der Waals surface area contributed by atoms with Crippen molar-refractivity contribution in [3.8, 4) is 0 Å². The number of fused-ring (bicyclic) bond motifs is 1. The van der Waals surface area contributed by atoms with Gasteiger partial charge in [0, 0.05) is 17.3 Å². The van der Waals surface area contributed by atoms with Crippen LogP contribution in [0.1, 0.15) is 40.5 Å². The average molecular weight is 450 g/mol. The number of aromatic nitrogens is 4. The number of alkyl halides is 2. The van der Waals surface area contributed by atoms with Crippen molar-refractivity contribution in [1.29, 1.82) is 0 Å². The highest BCUT2D eigenvalue weighted by Crippen LogP contribution is 2.23. The molecule has 33 heavy (non-hydrogen) atoms. The minimum Gasteiger partial charge on any atom is -0.454 e. The Morgan fingerprint density at radius 1 is 1.09 bits per heavy atom. The highest BCUT2D eigenvalue weighted by Gasteiger charge is 2.18. The molecule has 0 unspecified atom stereocenters. The van der Waals surface area contributed by atoms with E-state index in [2.05, 4.69) is 34.3 Å². The SMILES string of the molecule is Cc1ccc(Cn2nc(C)c(/C=C/C(=O)OCc3nc4ccccc4n3C(F)F)c2C)cc1. The van der Waals surface area contributed by atoms with Crippen molar-refractivity contribution in [3.05, 3.63) is 88.5 Å². The molecule has 4 aromatic rings. The lowest BCUT2D eigenvalue weighted by Gasteiger charge is -2.07. The van der Waals surface area contributed by atoms with E-state index in [9.17, 15) is 13.6 Å². The number of hydrogen-bond acceptors (Lipinski definition) is 4. The summed E-state index contributed by atoms with van der Waals surface area (Å²) in [4.78, 5) is 16.4. The van der Waals surface area contributed by atoms with E-state index < -0.39 is 12.5 Å². The molecule has 0 atom stereocenters.